The van der Waals surface area contributed by atoms with Crippen LogP contribution in [0.1, 0.15) is 48.7 Å². The minimum atomic E-state index is -0.188. The number of fused-ring (bicyclic) bond motifs is 1. The zero-order valence-corrected chi connectivity index (χ0v) is 22.4. The van der Waals surface area contributed by atoms with Gasteiger partial charge < -0.3 is 19.5 Å². The van der Waals surface area contributed by atoms with E-state index < -0.39 is 0 Å². The number of methoxy groups -OCH3 is 1. The molecule has 0 radical (unpaired) electrons. The average Bonchev–Trinajstić information content (AvgIpc) is 3.47. The predicted molar refractivity (Wildman–Crippen MR) is 142 cm³/mol. The van der Waals surface area contributed by atoms with Crippen molar-refractivity contribution in [3.63, 3.8) is 0 Å². The number of nitrogens with one attached hydrogen (secondary N) is 1. The second kappa shape index (κ2) is 11.4. The highest BCUT2D eigenvalue weighted by Gasteiger charge is 2.29. The quantitative estimate of drug-likeness (QED) is 0.307. The van der Waals surface area contributed by atoms with Crippen LogP contribution in [0.15, 0.2) is 41.8 Å². The van der Waals surface area contributed by atoms with E-state index in [-0.39, 0.29) is 36.3 Å². The SMILES string of the molecule is CCN(C(=O)Cn1c(C(=O)NC2CCC(C(=O)OC)CC2)cc2sccc21)c1cccc(CBr)c1. The normalized spacial score (nSPS) is 17.8. The number of halogens is 1. The number of rotatable bonds is 8. The Morgan fingerprint density at radius 1 is 1.17 bits per heavy atom. The van der Waals surface area contributed by atoms with E-state index in [1.165, 1.54) is 7.11 Å². The lowest BCUT2D eigenvalue weighted by molar-refractivity contribution is -0.146. The fraction of sp³-hybridized carbons (Fsp3) is 0.423. The maximum absolute atomic E-state index is 13.4. The third kappa shape index (κ3) is 5.62. The largest absolute Gasteiger partial charge is 0.469 e. The number of hydrogen-bond acceptors (Lipinski definition) is 5. The first-order valence-electron chi connectivity index (χ1n) is 11.9. The van der Waals surface area contributed by atoms with Crippen LogP contribution in [0.2, 0.25) is 0 Å². The monoisotopic (exact) mass is 559 g/mol. The Balaban J connectivity index is 1.51. The van der Waals surface area contributed by atoms with E-state index in [1.807, 2.05) is 53.3 Å². The number of thiophene rings is 1. The summed E-state index contributed by atoms with van der Waals surface area (Å²) in [6, 6.07) is 11.7. The van der Waals surface area contributed by atoms with Crippen LogP contribution in [0.4, 0.5) is 5.69 Å². The molecule has 3 aromatic rings. The van der Waals surface area contributed by atoms with E-state index in [1.54, 1.807) is 16.2 Å². The van der Waals surface area contributed by atoms with Gasteiger partial charge in [-0.2, -0.15) is 0 Å². The molecule has 9 heteroatoms. The zero-order valence-electron chi connectivity index (χ0n) is 20.0. The van der Waals surface area contributed by atoms with Crippen molar-refractivity contribution in [2.75, 3.05) is 18.6 Å². The van der Waals surface area contributed by atoms with Crippen LogP contribution in [0.5, 0.6) is 0 Å². The van der Waals surface area contributed by atoms with Crippen molar-refractivity contribution >= 4 is 61.0 Å². The summed E-state index contributed by atoms with van der Waals surface area (Å²) in [5, 5.41) is 5.81. The number of likely N-dealkylation sites (N-methyl/N-ethyl adjacent to an activating group) is 1. The number of nitrogens with zero attached hydrogens (tertiary/aromatic N) is 2. The number of ether oxygens (including phenoxy) is 1. The van der Waals surface area contributed by atoms with E-state index in [9.17, 15) is 14.4 Å². The first kappa shape index (κ1) is 25.4. The number of anilines is 1. The van der Waals surface area contributed by atoms with Gasteiger partial charge in [-0.15, -0.1) is 11.3 Å². The van der Waals surface area contributed by atoms with Gasteiger partial charge in [0.25, 0.3) is 5.91 Å². The lowest BCUT2D eigenvalue weighted by Gasteiger charge is -2.27. The first-order chi connectivity index (χ1) is 16.9. The topological polar surface area (TPSA) is 80.6 Å². The maximum Gasteiger partial charge on any atom is 0.308 e. The Labute approximate surface area is 217 Å². The lowest BCUT2D eigenvalue weighted by atomic mass is 9.86. The van der Waals surface area contributed by atoms with Crippen molar-refractivity contribution in [3.05, 3.63) is 53.0 Å². The molecule has 2 amide bonds. The van der Waals surface area contributed by atoms with Crippen molar-refractivity contribution in [1.82, 2.24) is 9.88 Å². The van der Waals surface area contributed by atoms with E-state index in [4.69, 9.17) is 4.74 Å². The number of benzene rings is 1. The minimum absolute atomic E-state index is 0.000348. The highest BCUT2D eigenvalue weighted by atomic mass is 79.9. The van der Waals surface area contributed by atoms with Gasteiger partial charge in [-0.1, -0.05) is 28.1 Å². The molecular weight excluding hydrogens is 530 g/mol. The Morgan fingerprint density at radius 2 is 1.94 bits per heavy atom. The molecule has 0 spiro atoms. The van der Waals surface area contributed by atoms with Gasteiger partial charge in [-0.25, -0.2) is 0 Å². The van der Waals surface area contributed by atoms with Gasteiger partial charge in [-0.3, -0.25) is 14.4 Å². The van der Waals surface area contributed by atoms with Gasteiger partial charge in [0, 0.05) is 23.6 Å². The number of carbonyl (C=O) groups is 3. The summed E-state index contributed by atoms with van der Waals surface area (Å²) in [6.07, 6.45) is 2.86. The second-order valence-corrected chi connectivity index (χ2v) is 10.3. The lowest BCUT2D eigenvalue weighted by Crippen LogP contribution is -2.40. The summed E-state index contributed by atoms with van der Waals surface area (Å²) < 4.78 is 7.65. The molecule has 2 heterocycles. The van der Waals surface area contributed by atoms with Gasteiger partial charge >= 0.3 is 5.97 Å². The highest BCUT2D eigenvalue weighted by Crippen LogP contribution is 2.28. The van der Waals surface area contributed by atoms with E-state index in [0.29, 0.717) is 30.4 Å². The van der Waals surface area contributed by atoms with Gasteiger partial charge in [0.1, 0.15) is 12.2 Å². The fourth-order valence-corrected chi connectivity index (χ4v) is 5.94. The van der Waals surface area contributed by atoms with Crippen LogP contribution in [0.25, 0.3) is 10.2 Å². The van der Waals surface area contributed by atoms with Crippen LogP contribution >= 0.6 is 27.3 Å². The molecule has 1 saturated carbocycles. The molecule has 1 N–H and O–H groups in total. The molecule has 1 aliphatic rings. The summed E-state index contributed by atoms with van der Waals surface area (Å²) in [4.78, 5) is 40.3. The molecule has 0 aliphatic heterocycles. The Hall–Kier alpha value is -2.65. The standard InChI is InChI=1S/C26H30BrN3O4S/c1-3-29(20-6-4-5-17(13-20)15-27)24(31)16-30-21-11-12-35-23(21)14-22(30)25(32)28-19-9-7-18(8-10-19)26(33)34-2/h4-6,11-14,18-19H,3,7-10,15-16H2,1-2H3,(H,28,32). The third-order valence-electron chi connectivity index (χ3n) is 6.64. The molecule has 1 aliphatic carbocycles. The van der Waals surface area contributed by atoms with Crippen LogP contribution in [-0.2, 0) is 26.2 Å². The second-order valence-electron chi connectivity index (χ2n) is 8.77. The molecule has 35 heavy (non-hydrogen) atoms. The van der Waals surface area contributed by atoms with E-state index >= 15 is 0 Å². The van der Waals surface area contributed by atoms with Crippen LogP contribution in [0, 0.1) is 5.92 Å². The van der Waals surface area contributed by atoms with E-state index in [0.717, 1.165) is 34.3 Å². The van der Waals surface area contributed by atoms with Crippen molar-refractivity contribution in [3.8, 4) is 0 Å². The van der Waals surface area contributed by atoms with Crippen molar-refractivity contribution in [2.45, 2.75) is 50.5 Å². The smallest absolute Gasteiger partial charge is 0.308 e. The van der Waals surface area contributed by atoms with Gasteiger partial charge in [0.2, 0.25) is 5.91 Å². The van der Waals surface area contributed by atoms with Crippen molar-refractivity contribution in [1.29, 1.82) is 0 Å². The number of aromatic nitrogens is 1. The summed E-state index contributed by atoms with van der Waals surface area (Å²) in [6.45, 7) is 2.56. The van der Waals surface area contributed by atoms with Crippen LogP contribution < -0.4 is 10.2 Å². The average molecular weight is 561 g/mol. The van der Waals surface area contributed by atoms with E-state index in [2.05, 4.69) is 21.2 Å². The van der Waals surface area contributed by atoms with Crippen LogP contribution in [-0.4, -0.2) is 42.0 Å². The number of amides is 2. The molecule has 0 atom stereocenters. The zero-order chi connectivity index (χ0) is 24.9. The molecule has 4 rings (SSSR count). The molecule has 0 bridgehead atoms. The number of hydrogen-bond donors (Lipinski definition) is 1. The number of alkyl halides is 1. The van der Waals surface area contributed by atoms with Crippen molar-refractivity contribution < 1.29 is 19.1 Å². The molecule has 7 nitrogen and oxygen atoms in total. The third-order valence-corrected chi connectivity index (χ3v) is 8.14. The Morgan fingerprint density at radius 3 is 2.63 bits per heavy atom. The Kier molecular flexibility index (Phi) is 8.28. The molecular formula is C26H30BrN3O4S. The minimum Gasteiger partial charge on any atom is -0.469 e. The van der Waals surface area contributed by atoms with Gasteiger partial charge in [0.15, 0.2) is 0 Å². The molecule has 2 aromatic heterocycles. The summed E-state index contributed by atoms with van der Waals surface area (Å²) >= 11 is 5.03. The van der Waals surface area contributed by atoms with Gasteiger partial charge in [0.05, 0.1) is 23.2 Å². The summed E-state index contributed by atoms with van der Waals surface area (Å²) in [5.41, 5.74) is 3.31. The highest BCUT2D eigenvalue weighted by molar-refractivity contribution is 9.08. The van der Waals surface area contributed by atoms with Crippen LogP contribution in [0.3, 0.4) is 0 Å². The predicted octanol–water partition coefficient (Wildman–Crippen LogP) is 5.11. The summed E-state index contributed by atoms with van der Waals surface area (Å²) in [5.74, 6) is -0.532. The van der Waals surface area contributed by atoms with Crippen molar-refractivity contribution in [2.24, 2.45) is 5.92 Å². The fourth-order valence-electron chi connectivity index (χ4n) is 4.77. The number of carbonyl (C=O) groups excluding carboxylic acids is 3. The molecule has 1 aromatic carbocycles. The molecule has 0 unspecified atom stereocenters. The first-order valence-corrected chi connectivity index (χ1v) is 13.9. The summed E-state index contributed by atoms with van der Waals surface area (Å²) in [7, 11) is 1.41. The molecule has 1 fully saturated rings. The number of esters is 1. The van der Waals surface area contributed by atoms with Gasteiger partial charge in [-0.05, 0) is 67.8 Å². The molecule has 186 valence electrons. The molecule has 0 saturated heterocycles. The Bertz CT molecular complexity index is 1210. The maximum atomic E-state index is 13.4.